The van der Waals surface area contributed by atoms with Gasteiger partial charge < -0.3 is 10.6 Å². The Labute approximate surface area is 134 Å². The van der Waals surface area contributed by atoms with Gasteiger partial charge in [0.1, 0.15) is 5.82 Å². The number of hydrogen-bond acceptors (Lipinski definition) is 3. The predicted molar refractivity (Wildman–Crippen MR) is 89.0 cm³/mol. The molecule has 0 aromatic heterocycles. The maximum absolute atomic E-state index is 13.1. The minimum absolute atomic E-state index is 0.0969. The van der Waals surface area contributed by atoms with E-state index < -0.39 is 0 Å². The van der Waals surface area contributed by atoms with Gasteiger partial charge in [0.05, 0.1) is 11.4 Å². The lowest BCUT2D eigenvalue weighted by atomic mass is 9.82. The summed E-state index contributed by atoms with van der Waals surface area (Å²) in [5, 5.41) is 6.75. The third-order valence-corrected chi connectivity index (χ3v) is 4.59. The first-order chi connectivity index (χ1) is 11.2. The molecule has 1 aliphatic carbocycles. The Bertz CT molecular complexity index is 795. The molecule has 1 aliphatic heterocycles. The molecule has 1 atom stereocenters. The topological polar surface area (TPSA) is 41.1 Å². The molecule has 0 fully saturated rings. The molecule has 3 nitrogen and oxygen atoms in total. The Morgan fingerprint density at radius 1 is 0.957 bits per heavy atom. The second-order valence-electron chi connectivity index (χ2n) is 6.06. The summed E-state index contributed by atoms with van der Waals surface area (Å²) >= 11 is 0. The standard InChI is InChI=1S/C19H17FN2O/c20-14-7-5-12(6-8-14)13-9-18-15(19(23)10-13)11-21-16-3-1-2-4-17(16)22-18/h1-8,13,21-22H,9-11H2/t13-/m1/s1. The van der Waals surface area contributed by atoms with Crippen LogP contribution in [0.3, 0.4) is 0 Å². The Morgan fingerprint density at radius 3 is 2.48 bits per heavy atom. The van der Waals surface area contributed by atoms with E-state index in [2.05, 4.69) is 10.6 Å². The molecule has 0 radical (unpaired) electrons. The van der Waals surface area contributed by atoms with Gasteiger partial charge in [0.25, 0.3) is 0 Å². The van der Waals surface area contributed by atoms with Gasteiger partial charge in [-0.25, -0.2) is 4.39 Å². The molecule has 4 heteroatoms. The minimum Gasteiger partial charge on any atom is -0.379 e. The highest BCUT2D eigenvalue weighted by atomic mass is 19.1. The minimum atomic E-state index is -0.249. The molecule has 0 saturated heterocycles. The SMILES string of the molecule is O=C1C[C@H](c2ccc(F)cc2)CC2=C1CNc1ccccc1N2. The van der Waals surface area contributed by atoms with Crippen LogP contribution in [0.15, 0.2) is 59.8 Å². The van der Waals surface area contributed by atoms with Crippen molar-refractivity contribution >= 4 is 17.2 Å². The van der Waals surface area contributed by atoms with Crippen molar-refractivity contribution in [2.24, 2.45) is 0 Å². The Balaban J connectivity index is 1.66. The predicted octanol–water partition coefficient (Wildman–Crippen LogP) is 4.06. The number of Topliss-reactive ketones (excluding diaryl/α,β-unsaturated/α-hetero) is 1. The Kier molecular flexibility index (Phi) is 3.37. The number of carbonyl (C=O) groups excluding carboxylic acids is 1. The second-order valence-corrected chi connectivity index (χ2v) is 6.06. The van der Waals surface area contributed by atoms with Crippen LogP contribution in [0.2, 0.25) is 0 Å². The summed E-state index contributed by atoms with van der Waals surface area (Å²) in [6, 6.07) is 14.4. The average Bonchev–Trinajstić information content (AvgIpc) is 2.74. The summed E-state index contributed by atoms with van der Waals surface area (Å²) in [4.78, 5) is 12.6. The van der Waals surface area contributed by atoms with E-state index in [1.165, 1.54) is 12.1 Å². The zero-order chi connectivity index (χ0) is 15.8. The van der Waals surface area contributed by atoms with Crippen LogP contribution in [0, 0.1) is 5.82 Å². The summed E-state index contributed by atoms with van der Waals surface area (Å²) in [6.07, 6.45) is 1.24. The highest BCUT2D eigenvalue weighted by Crippen LogP contribution is 2.38. The molecule has 23 heavy (non-hydrogen) atoms. The van der Waals surface area contributed by atoms with E-state index in [4.69, 9.17) is 0 Å². The molecule has 0 bridgehead atoms. The number of rotatable bonds is 1. The molecule has 1 heterocycles. The summed E-state index contributed by atoms with van der Waals surface area (Å²) < 4.78 is 13.1. The van der Waals surface area contributed by atoms with Crippen molar-refractivity contribution in [3.8, 4) is 0 Å². The van der Waals surface area contributed by atoms with E-state index >= 15 is 0 Å². The number of hydrogen-bond donors (Lipinski definition) is 2. The number of benzene rings is 2. The van der Waals surface area contributed by atoms with Crippen molar-refractivity contribution in [2.75, 3.05) is 17.2 Å². The number of para-hydroxylation sites is 2. The van der Waals surface area contributed by atoms with Crippen molar-refractivity contribution in [3.63, 3.8) is 0 Å². The van der Waals surface area contributed by atoms with Crippen molar-refractivity contribution in [2.45, 2.75) is 18.8 Å². The fourth-order valence-electron chi connectivity index (χ4n) is 3.35. The van der Waals surface area contributed by atoms with E-state index in [9.17, 15) is 9.18 Å². The number of fused-ring (bicyclic) bond motifs is 1. The van der Waals surface area contributed by atoms with Crippen LogP contribution in [-0.2, 0) is 4.79 Å². The lowest BCUT2D eigenvalue weighted by molar-refractivity contribution is -0.116. The van der Waals surface area contributed by atoms with Crippen LogP contribution in [-0.4, -0.2) is 12.3 Å². The maximum atomic E-state index is 13.1. The molecule has 2 aromatic carbocycles. The van der Waals surface area contributed by atoms with E-state index in [-0.39, 0.29) is 17.5 Å². The molecule has 2 aliphatic rings. The van der Waals surface area contributed by atoms with Gasteiger partial charge in [-0.05, 0) is 42.2 Å². The van der Waals surface area contributed by atoms with Crippen LogP contribution in [0.25, 0.3) is 0 Å². The summed E-state index contributed by atoms with van der Waals surface area (Å²) in [5.41, 5.74) is 4.82. The van der Waals surface area contributed by atoms with E-state index in [0.29, 0.717) is 13.0 Å². The molecule has 2 N–H and O–H groups in total. The number of halogens is 1. The van der Waals surface area contributed by atoms with Crippen LogP contribution in [0.1, 0.15) is 24.3 Å². The van der Waals surface area contributed by atoms with Crippen molar-refractivity contribution in [3.05, 3.63) is 71.2 Å². The van der Waals surface area contributed by atoms with Gasteiger partial charge in [-0.3, -0.25) is 4.79 Å². The zero-order valence-corrected chi connectivity index (χ0v) is 12.6. The maximum Gasteiger partial charge on any atom is 0.163 e. The van der Waals surface area contributed by atoms with Gasteiger partial charge in [0.2, 0.25) is 0 Å². The van der Waals surface area contributed by atoms with E-state index in [0.717, 1.165) is 34.6 Å². The van der Waals surface area contributed by atoms with Gasteiger partial charge in [-0.1, -0.05) is 24.3 Å². The van der Waals surface area contributed by atoms with Gasteiger partial charge >= 0.3 is 0 Å². The zero-order valence-electron chi connectivity index (χ0n) is 12.6. The van der Waals surface area contributed by atoms with Gasteiger partial charge in [-0.15, -0.1) is 0 Å². The summed E-state index contributed by atoms with van der Waals surface area (Å²) in [6.45, 7) is 0.550. The van der Waals surface area contributed by atoms with Crippen LogP contribution in [0.5, 0.6) is 0 Å². The number of allylic oxidation sites excluding steroid dienone is 1. The third kappa shape index (κ3) is 2.61. The van der Waals surface area contributed by atoms with E-state index in [1.807, 2.05) is 24.3 Å². The smallest absolute Gasteiger partial charge is 0.163 e. The number of ketones is 1. The van der Waals surface area contributed by atoms with E-state index in [1.54, 1.807) is 12.1 Å². The molecular formula is C19H17FN2O. The van der Waals surface area contributed by atoms with Crippen LogP contribution in [0.4, 0.5) is 15.8 Å². The molecule has 0 spiro atoms. The Hall–Kier alpha value is -2.62. The van der Waals surface area contributed by atoms with Crippen molar-refractivity contribution in [1.29, 1.82) is 0 Å². The average molecular weight is 308 g/mol. The second kappa shape index (κ2) is 5.54. The normalized spacial score (nSPS) is 20.0. The number of carbonyl (C=O) groups is 1. The molecule has 2 aromatic rings. The summed E-state index contributed by atoms with van der Waals surface area (Å²) in [7, 11) is 0. The van der Waals surface area contributed by atoms with Crippen molar-refractivity contribution < 1.29 is 9.18 Å². The number of anilines is 2. The highest BCUT2D eigenvalue weighted by molar-refractivity contribution is 6.00. The van der Waals surface area contributed by atoms with Crippen LogP contribution < -0.4 is 10.6 Å². The molecule has 4 rings (SSSR count). The summed E-state index contributed by atoms with van der Waals surface area (Å²) in [5.74, 6) is 0.00880. The fraction of sp³-hybridized carbons (Fsp3) is 0.211. The molecule has 0 saturated carbocycles. The molecule has 0 unspecified atom stereocenters. The molecule has 0 amide bonds. The van der Waals surface area contributed by atoms with Gasteiger partial charge in [0, 0.05) is 24.2 Å². The van der Waals surface area contributed by atoms with Gasteiger partial charge in [0.15, 0.2) is 5.78 Å². The first-order valence-corrected chi connectivity index (χ1v) is 7.81. The fourth-order valence-corrected chi connectivity index (χ4v) is 3.35. The van der Waals surface area contributed by atoms with Crippen LogP contribution >= 0.6 is 0 Å². The lowest BCUT2D eigenvalue weighted by Crippen LogP contribution is -2.24. The van der Waals surface area contributed by atoms with Gasteiger partial charge in [-0.2, -0.15) is 0 Å². The highest BCUT2D eigenvalue weighted by Gasteiger charge is 2.30. The Morgan fingerprint density at radius 2 is 1.70 bits per heavy atom. The third-order valence-electron chi connectivity index (χ3n) is 4.59. The van der Waals surface area contributed by atoms with Crippen molar-refractivity contribution in [1.82, 2.24) is 0 Å². The largest absolute Gasteiger partial charge is 0.379 e. The lowest BCUT2D eigenvalue weighted by Gasteiger charge is -2.26. The molecule has 116 valence electrons. The first-order valence-electron chi connectivity index (χ1n) is 7.81. The molecular weight excluding hydrogens is 291 g/mol. The number of nitrogens with one attached hydrogen (secondary N) is 2. The quantitative estimate of drug-likeness (QED) is 0.834. The first kappa shape index (κ1) is 14.0. The monoisotopic (exact) mass is 308 g/mol.